The number of imidazole rings is 1. The lowest BCUT2D eigenvalue weighted by Crippen LogP contribution is -2.32. The summed E-state index contributed by atoms with van der Waals surface area (Å²) in [5, 5.41) is 11.5. The highest BCUT2D eigenvalue weighted by molar-refractivity contribution is 5.79. The van der Waals surface area contributed by atoms with Gasteiger partial charge in [0, 0.05) is 24.6 Å². The van der Waals surface area contributed by atoms with Crippen LogP contribution in [0.25, 0.3) is 16.7 Å². The number of hydrogen-bond donors (Lipinski definition) is 1. The van der Waals surface area contributed by atoms with Gasteiger partial charge in [-0.05, 0) is 31.2 Å². The highest BCUT2D eigenvalue weighted by Crippen LogP contribution is 2.22. The van der Waals surface area contributed by atoms with Gasteiger partial charge < -0.3 is 5.32 Å². The van der Waals surface area contributed by atoms with E-state index >= 15 is 0 Å². The van der Waals surface area contributed by atoms with Crippen molar-refractivity contribution in [3.05, 3.63) is 60.4 Å². The van der Waals surface area contributed by atoms with E-state index in [1.165, 1.54) is 0 Å². The number of amides is 1. The molecule has 0 spiro atoms. The molecule has 0 saturated carbocycles. The van der Waals surface area contributed by atoms with Crippen molar-refractivity contribution in [1.82, 2.24) is 14.9 Å². The van der Waals surface area contributed by atoms with Crippen molar-refractivity contribution >= 4 is 16.9 Å². The van der Waals surface area contributed by atoms with Gasteiger partial charge in [0.15, 0.2) is 0 Å². The van der Waals surface area contributed by atoms with Crippen molar-refractivity contribution in [2.45, 2.75) is 32.2 Å². The van der Waals surface area contributed by atoms with Crippen molar-refractivity contribution in [2.24, 2.45) is 0 Å². The van der Waals surface area contributed by atoms with Gasteiger partial charge in [-0.25, -0.2) is 4.98 Å². The van der Waals surface area contributed by atoms with Gasteiger partial charge in [-0.3, -0.25) is 9.36 Å². The summed E-state index contributed by atoms with van der Waals surface area (Å²) < 4.78 is 2.10. The molecule has 0 aliphatic rings. The Labute approximate surface area is 146 Å². The molecule has 0 bridgehead atoms. The SMILES string of the molecule is CC(CC#N)NC(=O)CCc1nc2ccccc2n1-c1ccccc1. The molecule has 1 aromatic heterocycles. The Bertz CT molecular complexity index is 908. The molecule has 1 unspecified atom stereocenters. The molecule has 0 saturated heterocycles. The number of benzene rings is 2. The van der Waals surface area contributed by atoms with Gasteiger partial charge in [-0.15, -0.1) is 0 Å². The van der Waals surface area contributed by atoms with Gasteiger partial charge in [-0.2, -0.15) is 5.26 Å². The predicted octanol–water partition coefficient (Wildman–Crippen LogP) is 3.38. The fourth-order valence-corrected chi connectivity index (χ4v) is 2.87. The molecule has 1 amide bonds. The largest absolute Gasteiger partial charge is 0.353 e. The third-order valence-corrected chi connectivity index (χ3v) is 4.03. The van der Waals surface area contributed by atoms with E-state index in [0.717, 1.165) is 22.5 Å². The molecule has 2 aromatic carbocycles. The Kier molecular flexibility index (Phi) is 5.10. The maximum absolute atomic E-state index is 12.1. The molecular weight excluding hydrogens is 312 g/mol. The Morgan fingerprint density at radius 1 is 1.20 bits per heavy atom. The third-order valence-electron chi connectivity index (χ3n) is 4.03. The first-order chi connectivity index (χ1) is 12.2. The minimum atomic E-state index is -0.134. The van der Waals surface area contributed by atoms with Crippen LogP contribution >= 0.6 is 0 Å². The number of carbonyl (C=O) groups excluding carboxylic acids is 1. The molecule has 0 fully saturated rings. The lowest BCUT2D eigenvalue weighted by Gasteiger charge is -2.11. The van der Waals surface area contributed by atoms with E-state index in [-0.39, 0.29) is 11.9 Å². The number of hydrogen-bond acceptors (Lipinski definition) is 3. The summed E-state index contributed by atoms with van der Waals surface area (Å²) in [7, 11) is 0. The van der Waals surface area contributed by atoms with Crippen molar-refractivity contribution in [1.29, 1.82) is 5.26 Å². The van der Waals surface area contributed by atoms with Gasteiger partial charge in [0.05, 0.1) is 23.5 Å². The summed E-state index contributed by atoms with van der Waals surface area (Å²) in [6.45, 7) is 1.83. The zero-order valence-corrected chi connectivity index (χ0v) is 14.1. The Morgan fingerprint density at radius 3 is 2.68 bits per heavy atom. The van der Waals surface area contributed by atoms with Crippen molar-refractivity contribution in [3.63, 3.8) is 0 Å². The lowest BCUT2D eigenvalue weighted by atomic mass is 10.2. The first-order valence-corrected chi connectivity index (χ1v) is 8.37. The van der Waals surface area contributed by atoms with E-state index in [9.17, 15) is 4.79 Å². The maximum Gasteiger partial charge on any atom is 0.220 e. The molecule has 0 radical (unpaired) electrons. The summed E-state index contributed by atoms with van der Waals surface area (Å²) >= 11 is 0. The molecule has 5 nitrogen and oxygen atoms in total. The quantitative estimate of drug-likeness (QED) is 0.752. The molecule has 0 aliphatic heterocycles. The summed E-state index contributed by atoms with van der Waals surface area (Å²) in [4.78, 5) is 16.8. The summed E-state index contributed by atoms with van der Waals surface area (Å²) in [5.74, 6) is 0.796. The number of fused-ring (bicyclic) bond motifs is 1. The fraction of sp³-hybridized carbons (Fsp3) is 0.250. The van der Waals surface area contributed by atoms with E-state index < -0.39 is 0 Å². The zero-order chi connectivity index (χ0) is 17.6. The summed E-state index contributed by atoms with van der Waals surface area (Å²) in [5.41, 5.74) is 2.98. The number of para-hydroxylation sites is 3. The standard InChI is InChI=1S/C20H20N4O/c1-15(13-14-21)22-20(25)12-11-19-23-17-9-5-6-10-18(17)24(19)16-7-3-2-4-8-16/h2-10,15H,11-13H2,1H3,(H,22,25). The molecule has 25 heavy (non-hydrogen) atoms. The van der Waals surface area contributed by atoms with Gasteiger partial charge in [0.25, 0.3) is 0 Å². The minimum Gasteiger partial charge on any atom is -0.353 e. The normalized spacial score (nSPS) is 11.8. The van der Waals surface area contributed by atoms with Gasteiger partial charge in [0.1, 0.15) is 5.82 Å². The molecule has 1 heterocycles. The van der Waals surface area contributed by atoms with Crippen LogP contribution in [0.15, 0.2) is 54.6 Å². The van der Waals surface area contributed by atoms with Gasteiger partial charge in [-0.1, -0.05) is 30.3 Å². The van der Waals surface area contributed by atoms with Crippen molar-refractivity contribution in [3.8, 4) is 11.8 Å². The Balaban J connectivity index is 1.84. The average molecular weight is 332 g/mol. The van der Waals surface area contributed by atoms with Crippen LogP contribution in [0.4, 0.5) is 0 Å². The van der Waals surface area contributed by atoms with Crippen LogP contribution in [-0.4, -0.2) is 21.5 Å². The van der Waals surface area contributed by atoms with Crippen molar-refractivity contribution in [2.75, 3.05) is 0 Å². The van der Waals surface area contributed by atoms with Crippen LogP contribution in [0, 0.1) is 11.3 Å². The summed E-state index contributed by atoms with van der Waals surface area (Å²) in [6, 6.07) is 19.9. The first kappa shape index (κ1) is 16.7. The summed E-state index contributed by atoms with van der Waals surface area (Å²) in [6.07, 6.45) is 1.19. The number of nitrogens with one attached hydrogen (secondary N) is 1. The van der Waals surface area contributed by atoms with Crippen LogP contribution in [-0.2, 0) is 11.2 Å². The smallest absolute Gasteiger partial charge is 0.220 e. The molecule has 3 aromatic rings. The van der Waals surface area contributed by atoms with Gasteiger partial charge in [0.2, 0.25) is 5.91 Å². The number of rotatable bonds is 6. The van der Waals surface area contributed by atoms with Crippen LogP contribution < -0.4 is 5.32 Å². The highest BCUT2D eigenvalue weighted by atomic mass is 16.1. The second kappa shape index (κ2) is 7.63. The maximum atomic E-state index is 12.1. The van der Waals surface area contributed by atoms with Crippen molar-refractivity contribution < 1.29 is 4.79 Å². The van der Waals surface area contributed by atoms with Crippen LogP contribution in [0.1, 0.15) is 25.6 Å². The van der Waals surface area contributed by atoms with E-state index in [1.807, 2.05) is 61.5 Å². The molecule has 1 atom stereocenters. The van der Waals surface area contributed by atoms with Crippen LogP contribution in [0.3, 0.4) is 0 Å². The van der Waals surface area contributed by atoms with Crippen LogP contribution in [0.2, 0.25) is 0 Å². The molecular formula is C20H20N4O. The minimum absolute atomic E-state index is 0.0607. The topological polar surface area (TPSA) is 70.7 Å². The Morgan fingerprint density at radius 2 is 1.92 bits per heavy atom. The number of carbonyl (C=O) groups is 1. The fourth-order valence-electron chi connectivity index (χ4n) is 2.87. The molecule has 0 aliphatic carbocycles. The molecule has 126 valence electrons. The molecule has 1 N–H and O–H groups in total. The second-order valence-electron chi connectivity index (χ2n) is 6.02. The highest BCUT2D eigenvalue weighted by Gasteiger charge is 2.14. The molecule has 3 rings (SSSR count). The second-order valence-corrected chi connectivity index (χ2v) is 6.02. The zero-order valence-electron chi connectivity index (χ0n) is 14.1. The number of aromatic nitrogens is 2. The average Bonchev–Trinajstić information content (AvgIpc) is 2.99. The first-order valence-electron chi connectivity index (χ1n) is 8.37. The van der Waals surface area contributed by atoms with Gasteiger partial charge >= 0.3 is 0 Å². The number of aryl methyl sites for hydroxylation is 1. The molecule has 5 heteroatoms. The number of nitrogens with zero attached hydrogens (tertiary/aromatic N) is 3. The van der Waals surface area contributed by atoms with E-state index in [1.54, 1.807) is 0 Å². The van der Waals surface area contributed by atoms with E-state index in [2.05, 4.69) is 16.0 Å². The van der Waals surface area contributed by atoms with E-state index in [4.69, 9.17) is 10.2 Å². The Hall–Kier alpha value is -3.13. The monoisotopic (exact) mass is 332 g/mol. The lowest BCUT2D eigenvalue weighted by molar-refractivity contribution is -0.121. The predicted molar refractivity (Wildman–Crippen MR) is 97.2 cm³/mol. The third kappa shape index (κ3) is 3.86. The van der Waals surface area contributed by atoms with Crippen LogP contribution in [0.5, 0.6) is 0 Å². The number of nitriles is 1. The van der Waals surface area contributed by atoms with E-state index in [0.29, 0.717) is 19.3 Å².